The Bertz CT molecular complexity index is 304. The number of hydrogen-bond donors (Lipinski definition) is 1. The van der Waals surface area contributed by atoms with Crippen LogP contribution in [-0.4, -0.2) is 33.0 Å². The van der Waals surface area contributed by atoms with Crippen molar-refractivity contribution in [3.8, 4) is 11.5 Å². The van der Waals surface area contributed by atoms with Gasteiger partial charge in [0.2, 0.25) is 0 Å². The lowest BCUT2D eigenvalue weighted by Crippen LogP contribution is -2.32. The highest BCUT2D eigenvalue weighted by atomic mass is 16.5. The summed E-state index contributed by atoms with van der Waals surface area (Å²) in [5, 5.41) is 0. The van der Waals surface area contributed by atoms with E-state index in [-0.39, 0.29) is 6.04 Å². The highest BCUT2D eigenvalue weighted by Gasteiger charge is 2.03. The van der Waals surface area contributed by atoms with Crippen LogP contribution in [-0.2, 0) is 4.74 Å². The third kappa shape index (κ3) is 4.51. The summed E-state index contributed by atoms with van der Waals surface area (Å²) >= 11 is 0. The maximum absolute atomic E-state index is 5.75. The lowest BCUT2D eigenvalue weighted by Gasteiger charge is -2.12. The van der Waals surface area contributed by atoms with Crippen LogP contribution in [0.5, 0.6) is 11.5 Å². The van der Waals surface area contributed by atoms with Gasteiger partial charge >= 0.3 is 0 Å². The molecule has 0 saturated heterocycles. The maximum atomic E-state index is 5.75. The van der Waals surface area contributed by atoms with Crippen LogP contribution < -0.4 is 15.2 Å². The van der Waals surface area contributed by atoms with Crippen molar-refractivity contribution in [2.24, 2.45) is 5.73 Å². The molecule has 0 heterocycles. The average Bonchev–Trinajstić information content (AvgIpc) is 2.28. The molecule has 1 rings (SSSR count). The fraction of sp³-hybridized carbons (Fsp3) is 0.500. The molecule has 0 amide bonds. The molecule has 0 aliphatic carbocycles. The molecule has 90 valence electrons. The molecule has 0 aliphatic rings. The molecule has 0 radical (unpaired) electrons. The highest BCUT2D eigenvalue weighted by molar-refractivity contribution is 5.32. The first-order valence-electron chi connectivity index (χ1n) is 5.36. The van der Waals surface area contributed by atoms with Crippen LogP contribution in [0, 0.1) is 0 Å². The fourth-order valence-electron chi connectivity index (χ4n) is 1.29. The zero-order chi connectivity index (χ0) is 11.8. The van der Waals surface area contributed by atoms with E-state index >= 15 is 0 Å². The van der Waals surface area contributed by atoms with E-state index in [9.17, 15) is 0 Å². The van der Waals surface area contributed by atoms with E-state index in [2.05, 4.69) is 0 Å². The van der Waals surface area contributed by atoms with Crippen LogP contribution in [0.2, 0.25) is 0 Å². The molecule has 4 heteroatoms. The van der Waals surface area contributed by atoms with Crippen molar-refractivity contribution in [2.45, 2.75) is 13.0 Å². The molecule has 0 spiro atoms. The van der Waals surface area contributed by atoms with E-state index in [0.29, 0.717) is 19.8 Å². The van der Waals surface area contributed by atoms with E-state index < -0.39 is 0 Å². The normalized spacial score (nSPS) is 12.2. The minimum atomic E-state index is -0.110. The van der Waals surface area contributed by atoms with Crippen molar-refractivity contribution in [1.82, 2.24) is 0 Å². The first-order chi connectivity index (χ1) is 7.76. The summed E-state index contributed by atoms with van der Waals surface area (Å²) in [7, 11) is 1.62. The molecule has 0 fully saturated rings. The maximum Gasteiger partial charge on any atom is 0.123 e. The Labute approximate surface area is 96.3 Å². The molecular formula is C12H19NO3. The predicted octanol–water partition coefficient (Wildman–Crippen LogP) is 1.44. The first kappa shape index (κ1) is 12.8. The van der Waals surface area contributed by atoms with Gasteiger partial charge in [-0.3, -0.25) is 0 Å². The summed E-state index contributed by atoms with van der Waals surface area (Å²) in [5.74, 6) is 1.57. The Morgan fingerprint density at radius 2 is 1.88 bits per heavy atom. The Kier molecular flexibility index (Phi) is 5.67. The summed E-state index contributed by atoms with van der Waals surface area (Å²) in [6, 6.07) is 7.40. The zero-order valence-corrected chi connectivity index (χ0v) is 9.81. The van der Waals surface area contributed by atoms with Gasteiger partial charge in [0.1, 0.15) is 18.1 Å². The van der Waals surface area contributed by atoms with Crippen LogP contribution >= 0.6 is 0 Å². The lowest BCUT2D eigenvalue weighted by atomic mass is 10.3. The summed E-state index contributed by atoms with van der Waals surface area (Å²) in [5.41, 5.74) is 5.75. The monoisotopic (exact) mass is 225 g/mol. The van der Waals surface area contributed by atoms with Crippen molar-refractivity contribution in [2.75, 3.05) is 26.9 Å². The van der Waals surface area contributed by atoms with E-state index in [0.717, 1.165) is 11.5 Å². The molecule has 0 aliphatic heterocycles. The van der Waals surface area contributed by atoms with Crippen molar-refractivity contribution in [3.63, 3.8) is 0 Å². The Hall–Kier alpha value is -1.26. The number of rotatable bonds is 7. The average molecular weight is 225 g/mol. The summed E-state index contributed by atoms with van der Waals surface area (Å²) in [6.45, 7) is 3.52. The van der Waals surface area contributed by atoms with Crippen molar-refractivity contribution >= 4 is 0 Å². The second kappa shape index (κ2) is 7.09. The quantitative estimate of drug-likeness (QED) is 0.763. The lowest BCUT2D eigenvalue weighted by molar-refractivity contribution is 0.152. The second-order valence-corrected chi connectivity index (χ2v) is 3.43. The number of nitrogens with two attached hydrogens (primary N) is 1. The van der Waals surface area contributed by atoms with Gasteiger partial charge in [-0.25, -0.2) is 0 Å². The van der Waals surface area contributed by atoms with E-state index in [1.54, 1.807) is 7.11 Å². The van der Waals surface area contributed by atoms with E-state index in [1.165, 1.54) is 0 Å². The van der Waals surface area contributed by atoms with Crippen molar-refractivity contribution < 1.29 is 14.2 Å². The topological polar surface area (TPSA) is 53.7 Å². The highest BCUT2D eigenvalue weighted by Crippen LogP contribution is 2.19. The standard InChI is InChI=1S/C12H19NO3/c1-3-15-11-5-4-6-12(7-11)16-9-10(13)8-14-2/h4-7,10H,3,8-9,13H2,1-2H3. The minimum absolute atomic E-state index is 0.110. The number of ether oxygens (including phenoxy) is 3. The van der Waals surface area contributed by atoms with Crippen LogP contribution in [0.3, 0.4) is 0 Å². The third-order valence-corrected chi connectivity index (χ3v) is 1.96. The first-order valence-corrected chi connectivity index (χ1v) is 5.36. The van der Waals surface area contributed by atoms with Crippen LogP contribution in [0.1, 0.15) is 6.92 Å². The number of methoxy groups -OCH3 is 1. The summed E-state index contributed by atoms with van der Waals surface area (Å²) in [4.78, 5) is 0. The smallest absolute Gasteiger partial charge is 0.123 e. The van der Waals surface area contributed by atoms with Gasteiger partial charge in [-0.2, -0.15) is 0 Å². The summed E-state index contributed by atoms with van der Waals surface area (Å²) in [6.07, 6.45) is 0. The van der Waals surface area contributed by atoms with Gasteiger partial charge in [0.05, 0.1) is 19.3 Å². The summed E-state index contributed by atoms with van der Waals surface area (Å²) < 4.78 is 15.8. The van der Waals surface area contributed by atoms with Gasteiger partial charge < -0.3 is 19.9 Å². The van der Waals surface area contributed by atoms with Crippen molar-refractivity contribution in [1.29, 1.82) is 0 Å². The Morgan fingerprint density at radius 3 is 2.50 bits per heavy atom. The molecule has 4 nitrogen and oxygen atoms in total. The van der Waals surface area contributed by atoms with Gasteiger partial charge in [0, 0.05) is 13.2 Å². The molecule has 1 unspecified atom stereocenters. The predicted molar refractivity (Wildman–Crippen MR) is 63.0 cm³/mol. The van der Waals surface area contributed by atoms with Crippen LogP contribution in [0.25, 0.3) is 0 Å². The molecule has 2 N–H and O–H groups in total. The molecule has 16 heavy (non-hydrogen) atoms. The molecule has 1 aromatic carbocycles. The van der Waals surface area contributed by atoms with Gasteiger partial charge in [-0.15, -0.1) is 0 Å². The molecule has 1 atom stereocenters. The Balaban J connectivity index is 2.44. The number of benzene rings is 1. The van der Waals surface area contributed by atoms with Gasteiger partial charge in [-0.1, -0.05) is 6.07 Å². The molecule has 0 bridgehead atoms. The van der Waals surface area contributed by atoms with E-state index in [4.69, 9.17) is 19.9 Å². The van der Waals surface area contributed by atoms with Gasteiger partial charge in [0.25, 0.3) is 0 Å². The van der Waals surface area contributed by atoms with E-state index in [1.807, 2.05) is 31.2 Å². The largest absolute Gasteiger partial charge is 0.494 e. The number of hydrogen-bond acceptors (Lipinski definition) is 4. The van der Waals surface area contributed by atoms with Crippen LogP contribution in [0.4, 0.5) is 0 Å². The van der Waals surface area contributed by atoms with Crippen molar-refractivity contribution in [3.05, 3.63) is 24.3 Å². The molecule has 0 saturated carbocycles. The molecule has 0 aromatic heterocycles. The zero-order valence-electron chi connectivity index (χ0n) is 9.81. The molecule has 1 aromatic rings. The van der Waals surface area contributed by atoms with Gasteiger partial charge in [0.15, 0.2) is 0 Å². The fourth-order valence-corrected chi connectivity index (χ4v) is 1.29. The van der Waals surface area contributed by atoms with Gasteiger partial charge in [-0.05, 0) is 19.1 Å². The second-order valence-electron chi connectivity index (χ2n) is 3.43. The van der Waals surface area contributed by atoms with Crippen LogP contribution in [0.15, 0.2) is 24.3 Å². The Morgan fingerprint density at radius 1 is 1.19 bits per heavy atom. The third-order valence-electron chi connectivity index (χ3n) is 1.96. The minimum Gasteiger partial charge on any atom is -0.494 e. The SMILES string of the molecule is CCOc1cccc(OCC(N)COC)c1. The molecular weight excluding hydrogens is 206 g/mol.